The van der Waals surface area contributed by atoms with Crippen molar-refractivity contribution in [3.05, 3.63) is 64.5 Å². The molecule has 1 aliphatic heterocycles. The predicted molar refractivity (Wildman–Crippen MR) is 131 cm³/mol. The van der Waals surface area contributed by atoms with Crippen molar-refractivity contribution in [2.45, 2.75) is 75.4 Å². The molecule has 1 aromatic heterocycles. The number of carbonyl (C=O) groups is 1. The molecule has 1 saturated heterocycles. The van der Waals surface area contributed by atoms with Crippen LogP contribution in [-0.2, 0) is 14.0 Å². The van der Waals surface area contributed by atoms with Gasteiger partial charge in [-0.25, -0.2) is 0 Å². The average Bonchev–Trinajstić information content (AvgIpc) is 2.74. The van der Waals surface area contributed by atoms with Gasteiger partial charge in [0.2, 0.25) is 0 Å². The standard InChI is InChI=1S/C24H32N2O5SeSi/c1-16-24(5,31-33(6,7)23(2,3)4)22(27)21(32-17-11-9-8-10-12-17)20(30-16)18-13-14-25-15-19(18)26(28)29/h8-16,20-21H,1-7H3/t16-,20+,21+,24-/m1/s1. The summed E-state index contributed by atoms with van der Waals surface area (Å²) in [5.74, 6) is -0.0500. The summed E-state index contributed by atoms with van der Waals surface area (Å²) in [6, 6.07) is 11.3. The zero-order chi connectivity index (χ0) is 24.6. The van der Waals surface area contributed by atoms with Gasteiger partial charge in [0.25, 0.3) is 0 Å². The Labute approximate surface area is 202 Å². The molecule has 0 radical (unpaired) electrons. The van der Waals surface area contributed by atoms with Crippen LogP contribution in [0.5, 0.6) is 0 Å². The van der Waals surface area contributed by atoms with Gasteiger partial charge in [0.1, 0.15) is 0 Å². The fourth-order valence-electron chi connectivity index (χ4n) is 3.65. The first-order chi connectivity index (χ1) is 15.3. The van der Waals surface area contributed by atoms with Gasteiger partial charge in [-0.05, 0) is 0 Å². The Kier molecular flexibility index (Phi) is 7.32. The van der Waals surface area contributed by atoms with Gasteiger partial charge >= 0.3 is 203 Å². The molecule has 3 rings (SSSR count). The Morgan fingerprint density at radius 3 is 2.42 bits per heavy atom. The van der Waals surface area contributed by atoms with Crippen molar-refractivity contribution in [2.24, 2.45) is 0 Å². The number of pyridine rings is 1. The molecular formula is C24H32N2O5SeSi. The van der Waals surface area contributed by atoms with Gasteiger partial charge in [-0.1, -0.05) is 0 Å². The molecule has 0 spiro atoms. The van der Waals surface area contributed by atoms with Crippen molar-refractivity contribution < 1.29 is 18.9 Å². The number of carbonyl (C=O) groups excluding carboxylic acids is 1. The summed E-state index contributed by atoms with van der Waals surface area (Å²) in [4.78, 5) is 28.8. The van der Waals surface area contributed by atoms with Crippen LogP contribution in [0.15, 0.2) is 48.8 Å². The summed E-state index contributed by atoms with van der Waals surface area (Å²) >= 11 is -0.321. The van der Waals surface area contributed by atoms with E-state index < -0.39 is 35.9 Å². The molecule has 0 unspecified atom stereocenters. The molecule has 0 bridgehead atoms. The Balaban J connectivity index is 2.09. The van der Waals surface area contributed by atoms with Gasteiger partial charge in [-0.2, -0.15) is 0 Å². The van der Waals surface area contributed by atoms with Crippen LogP contribution in [0.2, 0.25) is 22.9 Å². The molecule has 1 fully saturated rings. The molecule has 2 aromatic rings. The van der Waals surface area contributed by atoms with Crippen LogP contribution >= 0.6 is 0 Å². The zero-order valence-corrected chi connectivity index (χ0v) is 22.9. The molecule has 7 nitrogen and oxygen atoms in total. The Bertz CT molecular complexity index is 1030. The summed E-state index contributed by atoms with van der Waals surface area (Å²) < 4.78 is 14.2. The number of benzene rings is 1. The van der Waals surface area contributed by atoms with Crippen molar-refractivity contribution in [2.75, 3.05) is 0 Å². The Morgan fingerprint density at radius 2 is 1.85 bits per heavy atom. The molecular weight excluding hydrogens is 503 g/mol. The number of aromatic nitrogens is 1. The summed E-state index contributed by atoms with van der Waals surface area (Å²) in [6.45, 7) is 14.3. The van der Waals surface area contributed by atoms with Crippen molar-refractivity contribution in [3.63, 3.8) is 0 Å². The van der Waals surface area contributed by atoms with E-state index in [2.05, 4.69) is 38.8 Å². The van der Waals surface area contributed by atoms with Crippen LogP contribution in [0.3, 0.4) is 0 Å². The normalized spacial score (nSPS) is 26.3. The number of nitrogens with zero attached hydrogens (tertiary/aromatic N) is 2. The minimum atomic E-state index is -2.31. The number of nitro groups is 1. The molecule has 1 aromatic carbocycles. The maximum absolute atomic E-state index is 14.2. The molecule has 9 heteroatoms. The number of ether oxygens (including phenoxy) is 1. The molecule has 178 valence electrons. The van der Waals surface area contributed by atoms with Crippen molar-refractivity contribution >= 4 is 39.2 Å². The third kappa shape index (κ3) is 5.12. The molecule has 1 aliphatic rings. The van der Waals surface area contributed by atoms with Crippen LogP contribution in [-0.4, -0.2) is 50.7 Å². The molecule has 2 heterocycles. The van der Waals surface area contributed by atoms with E-state index >= 15 is 0 Å². The first kappa shape index (κ1) is 25.7. The fraction of sp³-hybridized carbons (Fsp3) is 0.500. The van der Waals surface area contributed by atoms with Gasteiger partial charge in [-0.15, -0.1) is 0 Å². The van der Waals surface area contributed by atoms with E-state index in [-0.39, 0.29) is 31.5 Å². The van der Waals surface area contributed by atoms with Crippen LogP contribution in [0.4, 0.5) is 5.69 Å². The van der Waals surface area contributed by atoms with E-state index in [0.717, 1.165) is 4.46 Å². The molecule has 0 N–H and O–H groups in total. The van der Waals surface area contributed by atoms with Crippen LogP contribution < -0.4 is 4.46 Å². The topological polar surface area (TPSA) is 91.6 Å². The molecule has 0 saturated carbocycles. The number of rotatable bonds is 6. The predicted octanol–water partition coefficient (Wildman–Crippen LogP) is 4.62. The Morgan fingerprint density at radius 1 is 1.21 bits per heavy atom. The minimum absolute atomic E-state index is 0.0500. The second-order valence-corrected chi connectivity index (χ2v) is 17.3. The molecule has 33 heavy (non-hydrogen) atoms. The van der Waals surface area contributed by atoms with Gasteiger partial charge < -0.3 is 0 Å². The van der Waals surface area contributed by atoms with Gasteiger partial charge in [0.05, 0.1) is 0 Å². The van der Waals surface area contributed by atoms with Crippen molar-refractivity contribution in [1.29, 1.82) is 0 Å². The van der Waals surface area contributed by atoms with E-state index in [1.54, 1.807) is 6.07 Å². The van der Waals surface area contributed by atoms with Crippen LogP contribution in [0.25, 0.3) is 0 Å². The van der Waals surface area contributed by atoms with Crippen LogP contribution in [0.1, 0.15) is 46.3 Å². The van der Waals surface area contributed by atoms with Crippen LogP contribution in [0, 0.1) is 10.1 Å². The first-order valence-electron chi connectivity index (χ1n) is 11.0. The Hall–Kier alpha value is -1.90. The number of Topliss-reactive ketones (excluding diaryl/α,β-unsaturated/α-hetero) is 1. The van der Waals surface area contributed by atoms with E-state index in [1.807, 2.05) is 44.2 Å². The number of hydrogen-bond donors (Lipinski definition) is 0. The fourth-order valence-corrected chi connectivity index (χ4v) is 7.97. The maximum atomic E-state index is 14.2. The molecule has 0 aliphatic carbocycles. The van der Waals surface area contributed by atoms with E-state index in [9.17, 15) is 14.9 Å². The van der Waals surface area contributed by atoms with E-state index in [4.69, 9.17) is 9.16 Å². The van der Waals surface area contributed by atoms with Gasteiger partial charge in [0, 0.05) is 0 Å². The monoisotopic (exact) mass is 536 g/mol. The molecule has 4 atom stereocenters. The third-order valence-electron chi connectivity index (χ3n) is 6.76. The van der Waals surface area contributed by atoms with Crippen molar-refractivity contribution in [3.8, 4) is 0 Å². The van der Waals surface area contributed by atoms with Crippen molar-refractivity contribution in [1.82, 2.24) is 4.98 Å². The second-order valence-electron chi connectivity index (χ2n) is 10.1. The van der Waals surface area contributed by atoms with E-state index in [1.165, 1.54) is 12.4 Å². The number of ketones is 1. The zero-order valence-electron chi connectivity index (χ0n) is 20.2. The summed E-state index contributed by atoms with van der Waals surface area (Å²) in [6.07, 6.45) is 1.42. The summed E-state index contributed by atoms with van der Waals surface area (Å²) in [5, 5.41) is 11.6. The molecule has 0 amide bonds. The summed E-state index contributed by atoms with van der Waals surface area (Å²) in [7, 11) is -2.31. The average molecular weight is 536 g/mol. The third-order valence-corrected chi connectivity index (χ3v) is 14.0. The van der Waals surface area contributed by atoms with E-state index in [0.29, 0.717) is 5.56 Å². The number of hydrogen-bond acceptors (Lipinski definition) is 6. The first-order valence-corrected chi connectivity index (χ1v) is 15.7. The van der Waals surface area contributed by atoms with Gasteiger partial charge in [0.15, 0.2) is 0 Å². The quantitative estimate of drug-likeness (QED) is 0.305. The summed E-state index contributed by atoms with van der Waals surface area (Å²) in [5.41, 5.74) is -0.889. The van der Waals surface area contributed by atoms with Gasteiger partial charge in [-0.3, -0.25) is 0 Å². The SMILES string of the molecule is C[C@H]1O[C@@H](c2ccncc2[N+](=O)[O-])[C@H]([Se]c2ccccc2)C(=O)[C@]1(C)O[Si](C)(C)C(C)(C)C. The second kappa shape index (κ2) is 9.39.